The van der Waals surface area contributed by atoms with Gasteiger partial charge in [0.05, 0.1) is 37.2 Å². The third kappa shape index (κ3) is 3.32. The molecule has 0 unspecified atom stereocenters. The Morgan fingerprint density at radius 1 is 1.25 bits per heavy atom. The van der Waals surface area contributed by atoms with Gasteiger partial charge in [-0.2, -0.15) is 0 Å². The number of ether oxygens (including phenoxy) is 1. The Morgan fingerprint density at radius 2 is 2.00 bits per heavy atom. The molecule has 3 fully saturated rings. The Hall–Kier alpha value is -3.34. The summed E-state index contributed by atoms with van der Waals surface area (Å²) in [6.07, 6.45) is 7.03. The molecule has 1 N–H and O–H groups in total. The highest BCUT2D eigenvalue weighted by atomic mass is 19.1. The zero-order chi connectivity index (χ0) is 22.4. The van der Waals surface area contributed by atoms with E-state index in [0.29, 0.717) is 28.9 Å². The second-order valence-electron chi connectivity index (χ2n) is 8.74. The van der Waals surface area contributed by atoms with Crippen molar-refractivity contribution < 1.29 is 18.3 Å². The van der Waals surface area contributed by atoms with Gasteiger partial charge in [-0.3, -0.25) is 9.78 Å². The number of carbonyl (C=O) groups excluding carboxylic acids is 1. The van der Waals surface area contributed by atoms with Crippen LogP contribution in [0.2, 0.25) is 0 Å². The summed E-state index contributed by atoms with van der Waals surface area (Å²) >= 11 is 0. The Balaban J connectivity index is 1.57. The number of aromatic amines is 1. The maximum absolute atomic E-state index is 15.0. The number of H-pyrrole nitrogens is 1. The van der Waals surface area contributed by atoms with E-state index < -0.39 is 11.6 Å². The number of hydrogen-bond donors (Lipinski definition) is 1. The van der Waals surface area contributed by atoms with Gasteiger partial charge in [-0.25, -0.2) is 18.6 Å². The molecule has 32 heavy (non-hydrogen) atoms. The summed E-state index contributed by atoms with van der Waals surface area (Å²) in [5.74, 6) is -1.04. The number of nitrogens with zero attached hydrogens (tertiary/aromatic N) is 3. The molecule has 6 rings (SSSR count). The van der Waals surface area contributed by atoms with Crippen molar-refractivity contribution in [3.05, 3.63) is 53.3 Å². The van der Waals surface area contributed by atoms with Crippen LogP contribution in [0.15, 0.2) is 24.5 Å². The van der Waals surface area contributed by atoms with Gasteiger partial charge in [-0.15, -0.1) is 0 Å². The van der Waals surface area contributed by atoms with Crippen molar-refractivity contribution in [1.82, 2.24) is 15.0 Å². The van der Waals surface area contributed by atoms with Crippen molar-refractivity contribution in [2.45, 2.75) is 32.1 Å². The van der Waals surface area contributed by atoms with E-state index >= 15 is 4.39 Å². The van der Waals surface area contributed by atoms with Crippen LogP contribution in [0.5, 0.6) is 0 Å². The molecule has 3 saturated carbocycles. The highest BCUT2D eigenvalue weighted by Crippen LogP contribution is 2.50. The van der Waals surface area contributed by atoms with Crippen molar-refractivity contribution in [1.29, 1.82) is 0 Å². The van der Waals surface area contributed by atoms with Crippen molar-refractivity contribution in [2.24, 2.45) is 23.7 Å². The lowest BCUT2D eigenvalue weighted by molar-refractivity contribution is -0.156. The van der Waals surface area contributed by atoms with Gasteiger partial charge in [-0.05, 0) is 62.0 Å². The molecule has 2 bridgehead atoms. The van der Waals surface area contributed by atoms with Crippen molar-refractivity contribution in [2.75, 3.05) is 7.11 Å². The number of nitrogens with one attached hydrogen (secondary N) is 1. The van der Waals surface area contributed by atoms with Gasteiger partial charge in [0.15, 0.2) is 0 Å². The lowest BCUT2D eigenvalue weighted by Gasteiger charge is -2.47. The lowest BCUT2D eigenvalue weighted by atomic mass is 9.57. The summed E-state index contributed by atoms with van der Waals surface area (Å²) in [7, 11) is 1.40. The molecule has 3 heterocycles. The molecule has 0 saturated heterocycles. The second kappa shape index (κ2) is 7.97. The van der Waals surface area contributed by atoms with E-state index in [-0.39, 0.29) is 40.8 Å². The molecule has 0 aliphatic heterocycles. The van der Waals surface area contributed by atoms with Crippen LogP contribution >= 0.6 is 0 Å². The van der Waals surface area contributed by atoms with E-state index in [1.807, 2.05) is 0 Å². The molecule has 3 aromatic rings. The molecule has 3 aliphatic carbocycles. The minimum Gasteiger partial charge on any atom is -0.469 e. The van der Waals surface area contributed by atoms with Crippen LogP contribution in [0.4, 0.5) is 14.5 Å². The number of hydrogen-bond acceptors (Lipinski definition) is 4. The van der Waals surface area contributed by atoms with E-state index in [1.165, 1.54) is 19.2 Å². The van der Waals surface area contributed by atoms with Gasteiger partial charge in [0, 0.05) is 17.1 Å². The highest BCUT2D eigenvalue weighted by molar-refractivity contribution is 5.95. The molecular formula is C24H22F2N4O2. The molecule has 2 atom stereocenters. The number of aromatic nitrogens is 3. The minimum absolute atomic E-state index is 0.0473. The topological polar surface area (TPSA) is 72.2 Å². The van der Waals surface area contributed by atoms with Gasteiger partial charge in [-0.1, -0.05) is 0 Å². The molecule has 0 amide bonds. The summed E-state index contributed by atoms with van der Waals surface area (Å²) in [4.78, 5) is 27.5. The van der Waals surface area contributed by atoms with E-state index in [1.54, 1.807) is 6.20 Å². The third-order valence-electron chi connectivity index (χ3n) is 7.20. The first-order chi connectivity index (χ1) is 15.5. The van der Waals surface area contributed by atoms with Gasteiger partial charge >= 0.3 is 5.97 Å². The SMILES string of the molecule is [C-]#[N+]c1cc(F)c(C[C@@H]2C3CCC(CC3)[C@H]2C(=O)OC)nc1-c1c[nH]c2ncc(F)cc12. The Labute approximate surface area is 183 Å². The van der Waals surface area contributed by atoms with Gasteiger partial charge in [0.2, 0.25) is 5.69 Å². The number of esters is 1. The summed E-state index contributed by atoms with van der Waals surface area (Å²) in [5, 5.41) is 0.476. The number of carbonyl (C=O) groups is 1. The van der Waals surface area contributed by atoms with Crippen LogP contribution in [0, 0.1) is 41.9 Å². The number of pyridine rings is 2. The molecule has 164 valence electrons. The predicted molar refractivity (Wildman–Crippen MR) is 114 cm³/mol. The Kier molecular flexibility index (Phi) is 5.12. The monoisotopic (exact) mass is 436 g/mol. The zero-order valence-electron chi connectivity index (χ0n) is 17.6. The van der Waals surface area contributed by atoms with E-state index in [2.05, 4.69) is 19.8 Å². The van der Waals surface area contributed by atoms with Crippen LogP contribution in [0.3, 0.4) is 0 Å². The zero-order valence-corrected chi connectivity index (χ0v) is 17.6. The first-order valence-corrected chi connectivity index (χ1v) is 10.8. The molecule has 0 radical (unpaired) electrons. The first-order valence-electron chi connectivity index (χ1n) is 10.8. The Morgan fingerprint density at radius 3 is 2.72 bits per heavy atom. The fourth-order valence-electron chi connectivity index (χ4n) is 5.71. The number of rotatable bonds is 4. The van der Waals surface area contributed by atoms with Crippen LogP contribution in [0.25, 0.3) is 27.1 Å². The fraction of sp³-hybridized carbons (Fsp3) is 0.417. The van der Waals surface area contributed by atoms with Gasteiger partial charge in [0.25, 0.3) is 0 Å². The number of halogens is 2. The maximum atomic E-state index is 15.0. The Bertz CT molecular complexity index is 1240. The van der Waals surface area contributed by atoms with E-state index in [9.17, 15) is 9.18 Å². The quantitative estimate of drug-likeness (QED) is 0.450. The first kappa shape index (κ1) is 20.6. The summed E-state index contributed by atoms with van der Waals surface area (Å²) < 4.78 is 33.9. The average molecular weight is 436 g/mol. The molecule has 0 aromatic carbocycles. The van der Waals surface area contributed by atoms with Crippen LogP contribution in [-0.2, 0) is 16.0 Å². The molecular weight excluding hydrogens is 414 g/mol. The smallest absolute Gasteiger partial charge is 0.309 e. The lowest BCUT2D eigenvalue weighted by Crippen LogP contribution is -2.45. The largest absolute Gasteiger partial charge is 0.469 e. The molecule has 6 nitrogen and oxygen atoms in total. The minimum atomic E-state index is -0.561. The standard InChI is InChI=1S/C24H22F2N4O2/c1-27-20-9-18(26)19(8-15-12-3-5-13(6-4-12)21(15)24(31)32-2)30-22(20)17-11-29-23-16(17)7-14(25)10-28-23/h7,9-13,15,21H,3-6,8H2,2H3,(H,28,29)/t12?,13?,15-,21-/m1/s1. The fourth-order valence-corrected chi connectivity index (χ4v) is 5.71. The van der Waals surface area contributed by atoms with Gasteiger partial charge < -0.3 is 9.72 Å². The molecule has 8 heteroatoms. The molecule has 0 spiro atoms. The van der Waals surface area contributed by atoms with E-state index in [0.717, 1.165) is 31.9 Å². The molecule has 3 aliphatic rings. The maximum Gasteiger partial charge on any atom is 0.309 e. The van der Waals surface area contributed by atoms with Crippen molar-refractivity contribution in [3.63, 3.8) is 0 Å². The summed E-state index contributed by atoms with van der Waals surface area (Å²) in [6, 6.07) is 2.50. The number of fused-ring (bicyclic) bond motifs is 4. The van der Waals surface area contributed by atoms with Crippen LogP contribution in [0.1, 0.15) is 31.4 Å². The predicted octanol–water partition coefficient (Wildman–Crippen LogP) is 5.22. The van der Waals surface area contributed by atoms with Crippen LogP contribution in [-0.4, -0.2) is 28.0 Å². The average Bonchev–Trinajstić information content (AvgIpc) is 3.23. The number of methoxy groups -OCH3 is 1. The second-order valence-corrected chi connectivity index (χ2v) is 8.74. The third-order valence-corrected chi connectivity index (χ3v) is 7.20. The summed E-state index contributed by atoms with van der Waals surface area (Å²) in [5.41, 5.74) is 1.50. The summed E-state index contributed by atoms with van der Waals surface area (Å²) in [6.45, 7) is 7.50. The van der Waals surface area contributed by atoms with E-state index in [4.69, 9.17) is 11.3 Å². The van der Waals surface area contributed by atoms with Crippen molar-refractivity contribution in [3.8, 4) is 11.3 Å². The van der Waals surface area contributed by atoms with Crippen molar-refractivity contribution >= 4 is 22.7 Å². The highest BCUT2D eigenvalue weighted by Gasteiger charge is 2.47. The van der Waals surface area contributed by atoms with Gasteiger partial charge in [0.1, 0.15) is 17.3 Å². The normalized spacial score (nSPS) is 24.4. The molecule has 3 aromatic heterocycles. The van der Waals surface area contributed by atoms with Crippen LogP contribution < -0.4 is 0 Å².